The molecule has 0 bridgehead atoms. The van der Waals surface area contributed by atoms with Gasteiger partial charge in [0.05, 0.1) is 0 Å². The highest BCUT2D eigenvalue weighted by Crippen LogP contribution is 2.23. The summed E-state index contributed by atoms with van der Waals surface area (Å²) in [6.07, 6.45) is 9.66. The Kier molecular flexibility index (Phi) is 9.83. The van der Waals surface area contributed by atoms with Crippen molar-refractivity contribution in [2.24, 2.45) is 5.92 Å². The van der Waals surface area contributed by atoms with Gasteiger partial charge in [-0.3, -0.25) is 9.69 Å². The number of carbonyl (C=O) groups excluding carboxylic acids is 1. The highest BCUT2D eigenvalue weighted by Gasteiger charge is 2.30. The van der Waals surface area contributed by atoms with Crippen molar-refractivity contribution in [1.29, 1.82) is 0 Å². The Morgan fingerprint density at radius 3 is 2.35 bits per heavy atom. The van der Waals surface area contributed by atoms with E-state index in [-0.39, 0.29) is 24.8 Å². The topological polar surface area (TPSA) is 35.6 Å². The lowest BCUT2D eigenvalue weighted by Gasteiger charge is -2.32. The Balaban J connectivity index is 0.00000132. The molecule has 136 valence electrons. The fourth-order valence-electron chi connectivity index (χ4n) is 4.21. The van der Waals surface area contributed by atoms with Crippen molar-refractivity contribution in [1.82, 2.24) is 15.1 Å². The fraction of sp³-hybridized carbons (Fsp3) is 0.941. The molecular formula is C17H33Cl2N3O. The SMILES string of the molecule is Cl.Cl.O=C(CCC1CCNCC1)N1CCC(N2CCCCC2)C1. The van der Waals surface area contributed by atoms with E-state index < -0.39 is 0 Å². The summed E-state index contributed by atoms with van der Waals surface area (Å²) in [7, 11) is 0. The van der Waals surface area contributed by atoms with Gasteiger partial charge in [0.15, 0.2) is 0 Å². The number of likely N-dealkylation sites (tertiary alicyclic amines) is 2. The molecule has 3 fully saturated rings. The third-order valence-corrected chi connectivity index (χ3v) is 5.65. The van der Waals surface area contributed by atoms with Gasteiger partial charge in [-0.15, -0.1) is 24.8 Å². The summed E-state index contributed by atoms with van der Waals surface area (Å²) in [4.78, 5) is 17.2. The largest absolute Gasteiger partial charge is 0.341 e. The maximum Gasteiger partial charge on any atom is 0.222 e. The average molecular weight is 366 g/mol. The minimum Gasteiger partial charge on any atom is -0.341 e. The first-order valence-electron chi connectivity index (χ1n) is 9.05. The van der Waals surface area contributed by atoms with Crippen LogP contribution in [0.2, 0.25) is 0 Å². The van der Waals surface area contributed by atoms with Gasteiger partial charge in [-0.05, 0) is 70.6 Å². The van der Waals surface area contributed by atoms with Crippen LogP contribution >= 0.6 is 24.8 Å². The van der Waals surface area contributed by atoms with Gasteiger partial charge in [0, 0.05) is 25.6 Å². The number of carbonyl (C=O) groups is 1. The Hall–Kier alpha value is -0.0300. The highest BCUT2D eigenvalue weighted by molar-refractivity contribution is 5.85. The molecule has 0 saturated carbocycles. The van der Waals surface area contributed by atoms with Crippen molar-refractivity contribution >= 4 is 30.7 Å². The molecule has 3 rings (SSSR count). The van der Waals surface area contributed by atoms with E-state index in [2.05, 4.69) is 15.1 Å². The molecule has 6 heteroatoms. The lowest BCUT2D eigenvalue weighted by molar-refractivity contribution is -0.130. The molecule has 3 saturated heterocycles. The van der Waals surface area contributed by atoms with Crippen molar-refractivity contribution in [3.8, 4) is 0 Å². The normalized spacial score (nSPS) is 26.4. The molecular weight excluding hydrogens is 333 g/mol. The third-order valence-electron chi connectivity index (χ3n) is 5.65. The summed E-state index contributed by atoms with van der Waals surface area (Å²) >= 11 is 0. The summed E-state index contributed by atoms with van der Waals surface area (Å²) in [6.45, 7) is 6.76. The van der Waals surface area contributed by atoms with E-state index in [1.165, 1.54) is 51.6 Å². The molecule has 1 N–H and O–H groups in total. The maximum absolute atomic E-state index is 12.4. The van der Waals surface area contributed by atoms with Gasteiger partial charge in [-0.1, -0.05) is 6.42 Å². The van der Waals surface area contributed by atoms with Gasteiger partial charge >= 0.3 is 0 Å². The first-order valence-corrected chi connectivity index (χ1v) is 9.05. The molecule has 3 aliphatic heterocycles. The van der Waals surface area contributed by atoms with E-state index in [0.29, 0.717) is 11.9 Å². The summed E-state index contributed by atoms with van der Waals surface area (Å²) in [6, 6.07) is 0.646. The smallest absolute Gasteiger partial charge is 0.222 e. The Bertz CT molecular complexity index is 345. The number of nitrogens with zero attached hydrogens (tertiary/aromatic N) is 2. The molecule has 3 heterocycles. The predicted molar refractivity (Wildman–Crippen MR) is 99.7 cm³/mol. The zero-order valence-corrected chi connectivity index (χ0v) is 15.8. The molecule has 0 aromatic rings. The second-order valence-corrected chi connectivity index (χ2v) is 7.11. The molecule has 0 radical (unpaired) electrons. The van der Waals surface area contributed by atoms with Crippen LogP contribution in [-0.4, -0.2) is 61.0 Å². The van der Waals surface area contributed by atoms with E-state index in [9.17, 15) is 4.79 Å². The third kappa shape index (κ3) is 6.08. The van der Waals surface area contributed by atoms with Gasteiger partial charge in [0.25, 0.3) is 0 Å². The monoisotopic (exact) mass is 365 g/mol. The van der Waals surface area contributed by atoms with Crippen molar-refractivity contribution in [2.45, 2.75) is 57.4 Å². The summed E-state index contributed by atoms with van der Waals surface area (Å²) in [5, 5.41) is 3.40. The van der Waals surface area contributed by atoms with Crippen molar-refractivity contribution in [2.75, 3.05) is 39.3 Å². The van der Waals surface area contributed by atoms with E-state index in [1.807, 2.05) is 0 Å². The molecule has 23 heavy (non-hydrogen) atoms. The molecule has 0 aromatic heterocycles. The number of nitrogens with one attached hydrogen (secondary N) is 1. The number of hydrogen-bond acceptors (Lipinski definition) is 3. The Morgan fingerprint density at radius 2 is 1.65 bits per heavy atom. The zero-order valence-electron chi connectivity index (χ0n) is 14.2. The van der Waals surface area contributed by atoms with E-state index >= 15 is 0 Å². The Labute approximate surface area is 153 Å². The maximum atomic E-state index is 12.4. The fourth-order valence-corrected chi connectivity index (χ4v) is 4.21. The van der Waals surface area contributed by atoms with Crippen LogP contribution < -0.4 is 5.32 Å². The van der Waals surface area contributed by atoms with Gasteiger partial charge in [-0.2, -0.15) is 0 Å². The zero-order chi connectivity index (χ0) is 14.5. The molecule has 0 aromatic carbocycles. The molecule has 1 amide bonds. The number of amides is 1. The van der Waals surface area contributed by atoms with Gasteiger partial charge in [-0.25, -0.2) is 0 Å². The average Bonchev–Trinajstić information content (AvgIpc) is 3.04. The first-order chi connectivity index (χ1) is 10.3. The first kappa shape index (κ1) is 21.0. The van der Waals surface area contributed by atoms with Gasteiger partial charge < -0.3 is 10.2 Å². The second kappa shape index (κ2) is 10.8. The standard InChI is InChI=1S/C17H31N3O.2ClH/c21-17(5-4-15-6-9-18-10-7-15)20-13-8-16(14-20)19-11-2-1-3-12-19;;/h15-16,18H,1-14H2;2*1H. The molecule has 3 aliphatic rings. The van der Waals surface area contributed by atoms with Crippen molar-refractivity contribution in [3.63, 3.8) is 0 Å². The van der Waals surface area contributed by atoms with Gasteiger partial charge in [0.2, 0.25) is 5.91 Å². The summed E-state index contributed by atoms with van der Waals surface area (Å²) in [5.41, 5.74) is 0. The molecule has 4 nitrogen and oxygen atoms in total. The van der Waals surface area contributed by atoms with Crippen LogP contribution in [0.5, 0.6) is 0 Å². The van der Waals surface area contributed by atoms with Gasteiger partial charge in [0.1, 0.15) is 0 Å². The minimum absolute atomic E-state index is 0. The number of hydrogen-bond donors (Lipinski definition) is 1. The van der Waals surface area contributed by atoms with Crippen molar-refractivity contribution in [3.05, 3.63) is 0 Å². The minimum atomic E-state index is 0. The molecule has 1 atom stereocenters. The Morgan fingerprint density at radius 1 is 0.957 bits per heavy atom. The van der Waals surface area contributed by atoms with Crippen LogP contribution in [0.25, 0.3) is 0 Å². The number of halogens is 2. The molecule has 0 spiro atoms. The van der Waals surface area contributed by atoms with Crippen LogP contribution in [0.1, 0.15) is 51.4 Å². The molecule has 0 aliphatic carbocycles. The van der Waals surface area contributed by atoms with E-state index in [1.54, 1.807) is 0 Å². The summed E-state index contributed by atoms with van der Waals surface area (Å²) in [5.74, 6) is 1.18. The quantitative estimate of drug-likeness (QED) is 0.831. The van der Waals surface area contributed by atoms with E-state index in [4.69, 9.17) is 0 Å². The number of piperidine rings is 2. The van der Waals surface area contributed by atoms with E-state index in [0.717, 1.165) is 44.9 Å². The van der Waals surface area contributed by atoms with Crippen LogP contribution in [0.4, 0.5) is 0 Å². The van der Waals surface area contributed by atoms with Crippen LogP contribution in [0, 0.1) is 5.92 Å². The molecule has 1 unspecified atom stereocenters. The van der Waals surface area contributed by atoms with Crippen LogP contribution in [-0.2, 0) is 4.79 Å². The highest BCUT2D eigenvalue weighted by atomic mass is 35.5. The predicted octanol–water partition coefficient (Wildman–Crippen LogP) is 2.70. The van der Waals surface area contributed by atoms with Crippen LogP contribution in [0.15, 0.2) is 0 Å². The van der Waals surface area contributed by atoms with Crippen LogP contribution in [0.3, 0.4) is 0 Å². The summed E-state index contributed by atoms with van der Waals surface area (Å²) < 4.78 is 0. The van der Waals surface area contributed by atoms with Crippen molar-refractivity contribution < 1.29 is 4.79 Å². The number of rotatable bonds is 4. The lowest BCUT2D eigenvalue weighted by Crippen LogP contribution is -2.41. The lowest BCUT2D eigenvalue weighted by atomic mass is 9.93. The second-order valence-electron chi connectivity index (χ2n) is 7.11.